The zero-order valence-corrected chi connectivity index (χ0v) is 35.8. The van der Waals surface area contributed by atoms with Crippen molar-refractivity contribution in [2.24, 2.45) is 75.4 Å². The third-order valence-electron chi connectivity index (χ3n) is 17.8. The maximum absolute atomic E-state index is 14.1. The lowest BCUT2D eigenvalue weighted by molar-refractivity contribution is -0.163. The number of carbonyl (C=O) groups is 5. The number of carbonyl (C=O) groups excluding carboxylic acids is 4. The number of carboxylic acids is 1. The van der Waals surface area contributed by atoms with Gasteiger partial charge in [-0.05, 0) is 159 Å². The monoisotopic (exact) mass is 800 g/mol. The molecule has 0 saturated heterocycles. The number of hydrogen-bond donors (Lipinski definition) is 3. The molecule has 0 spiro atoms. The Kier molecular flexibility index (Phi) is 10.5. The maximum atomic E-state index is 14.1. The second kappa shape index (κ2) is 14.6. The zero-order valence-electron chi connectivity index (χ0n) is 35.1. The normalized spacial score (nSPS) is 38.5. The van der Waals surface area contributed by atoms with Crippen molar-refractivity contribution in [3.63, 3.8) is 0 Å². The van der Waals surface area contributed by atoms with Crippen LogP contribution in [0.1, 0.15) is 142 Å². The van der Waals surface area contributed by atoms with Crippen LogP contribution >= 0.6 is 11.6 Å². The van der Waals surface area contributed by atoms with Crippen LogP contribution in [-0.2, 0) is 19.2 Å². The van der Waals surface area contributed by atoms with Crippen LogP contribution in [0.3, 0.4) is 0 Å². The lowest BCUT2D eigenvalue weighted by Crippen LogP contribution is -2.58. The molecule has 0 heterocycles. The molecule has 57 heavy (non-hydrogen) atoms. The first-order valence-electron chi connectivity index (χ1n) is 22.3. The molecule has 9 heteroatoms. The van der Waals surface area contributed by atoms with Gasteiger partial charge in [0.2, 0.25) is 5.91 Å². The molecule has 1 aromatic rings. The van der Waals surface area contributed by atoms with Gasteiger partial charge in [-0.2, -0.15) is 0 Å². The van der Waals surface area contributed by atoms with Crippen molar-refractivity contribution in [2.45, 2.75) is 137 Å². The number of carboxylic acid groups (broad SMARTS) is 1. The number of benzene rings is 1. The number of rotatable bonds is 11. The fourth-order valence-electron chi connectivity index (χ4n) is 14.5. The molecule has 8 rings (SSSR count). The summed E-state index contributed by atoms with van der Waals surface area (Å²) in [4.78, 5) is 66.1. The molecule has 1 aromatic carbocycles. The van der Waals surface area contributed by atoms with E-state index in [9.17, 15) is 29.1 Å². The van der Waals surface area contributed by atoms with Gasteiger partial charge in [-0.1, -0.05) is 58.7 Å². The molecule has 0 aromatic heterocycles. The van der Waals surface area contributed by atoms with E-state index in [1.54, 1.807) is 24.3 Å². The van der Waals surface area contributed by atoms with E-state index in [-0.39, 0.29) is 57.9 Å². The van der Waals surface area contributed by atoms with Gasteiger partial charge in [0, 0.05) is 47.7 Å². The Bertz CT molecular complexity index is 1860. The van der Waals surface area contributed by atoms with Gasteiger partial charge in [-0.15, -0.1) is 0 Å². The first-order valence-corrected chi connectivity index (χ1v) is 22.7. The topological polar surface area (TPSA) is 130 Å². The second-order valence-corrected chi connectivity index (χ2v) is 21.7. The predicted octanol–water partition coefficient (Wildman–Crippen LogP) is 9.24. The molecule has 310 valence electrons. The molecule has 0 aliphatic heterocycles. The third-order valence-corrected chi connectivity index (χ3v) is 18.0. The minimum atomic E-state index is -0.769. The molecule has 7 aliphatic carbocycles. The first kappa shape index (κ1) is 40.8. The Morgan fingerprint density at radius 3 is 2.26 bits per heavy atom. The summed E-state index contributed by atoms with van der Waals surface area (Å²) in [7, 11) is 0. The van der Waals surface area contributed by atoms with Crippen LogP contribution in [0.5, 0.6) is 0 Å². The highest BCUT2D eigenvalue weighted by Gasteiger charge is 2.63. The SMILES string of the molecule is CC(C)C1=C2C3CCC4C(CCC5C(C)(C)C(CC(=O)C6CC(C(=O)O)C6C)CCC45C)C3CCC2(CC(=O)NC2(CNC(=O)c3ccc(Cl)cc3)CC2)CC1=O. The van der Waals surface area contributed by atoms with E-state index >= 15 is 0 Å². The molecule has 6 fully saturated rings. The van der Waals surface area contributed by atoms with Gasteiger partial charge < -0.3 is 15.7 Å². The van der Waals surface area contributed by atoms with E-state index < -0.39 is 16.9 Å². The molecule has 0 bridgehead atoms. The van der Waals surface area contributed by atoms with Crippen LogP contribution in [0, 0.1) is 75.4 Å². The number of Topliss-reactive ketones (excluding diaryl/α,β-unsaturated/α-hetero) is 2. The summed E-state index contributed by atoms with van der Waals surface area (Å²) in [6.45, 7) is 14.0. The average Bonchev–Trinajstić information content (AvgIpc) is 3.83. The summed E-state index contributed by atoms with van der Waals surface area (Å²) in [5, 5.41) is 16.5. The summed E-state index contributed by atoms with van der Waals surface area (Å²) in [5.74, 6) is 2.07. The highest BCUT2D eigenvalue weighted by Crippen LogP contribution is 2.70. The van der Waals surface area contributed by atoms with Crippen molar-refractivity contribution < 1.29 is 29.1 Å². The number of nitrogens with one attached hydrogen (secondary N) is 2. The van der Waals surface area contributed by atoms with Crippen molar-refractivity contribution in [1.29, 1.82) is 0 Å². The number of ketones is 2. The summed E-state index contributed by atoms with van der Waals surface area (Å²) < 4.78 is 0. The number of fused-ring (bicyclic) bond motifs is 7. The number of hydrogen-bond acceptors (Lipinski definition) is 5. The van der Waals surface area contributed by atoms with E-state index in [1.165, 1.54) is 18.4 Å². The van der Waals surface area contributed by atoms with Crippen molar-refractivity contribution in [3.05, 3.63) is 46.0 Å². The van der Waals surface area contributed by atoms with Gasteiger partial charge in [0.1, 0.15) is 5.78 Å². The van der Waals surface area contributed by atoms with E-state index in [0.717, 1.165) is 56.9 Å². The van der Waals surface area contributed by atoms with E-state index in [1.807, 2.05) is 6.92 Å². The molecular weight excluding hydrogens is 736 g/mol. The Balaban J connectivity index is 0.952. The summed E-state index contributed by atoms with van der Waals surface area (Å²) in [6, 6.07) is 6.81. The van der Waals surface area contributed by atoms with Crippen LogP contribution < -0.4 is 10.6 Å². The highest BCUT2D eigenvalue weighted by atomic mass is 35.5. The van der Waals surface area contributed by atoms with Gasteiger partial charge >= 0.3 is 5.97 Å². The summed E-state index contributed by atoms with van der Waals surface area (Å²) in [5.41, 5.74) is 2.25. The van der Waals surface area contributed by atoms with Gasteiger partial charge in [-0.3, -0.25) is 24.0 Å². The quantitative estimate of drug-likeness (QED) is 0.205. The van der Waals surface area contributed by atoms with Crippen LogP contribution in [0.15, 0.2) is 35.4 Å². The Hall–Kier alpha value is -3.00. The van der Waals surface area contributed by atoms with E-state index in [2.05, 4.69) is 45.3 Å². The lowest BCUT2D eigenvalue weighted by Gasteiger charge is -2.65. The van der Waals surface area contributed by atoms with Gasteiger partial charge in [0.25, 0.3) is 5.91 Å². The molecule has 0 radical (unpaired) electrons. The standard InChI is InChI=1S/C48H65ClN2O6/c1-26(2)41-38(53)23-47(24-40(54)51-48(19-20-48)25-50-43(55)28-7-9-30(49)10-8-28)18-16-31-32-12-14-39-45(4,5)29(21-37(52)34-22-35(27(34)3)44(56)57)15-17-46(39,6)36(32)13-11-33(31)42(41)47/h7-10,26-27,29,31-36,39H,11-25H2,1-6H3,(H,50,55)(H,51,54)(H,56,57). The number of aliphatic carboxylic acids is 1. The van der Waals surface area contributed by atoms with Crippen molar-refractivity contribution in [3.8, 4) is 0 Å². The summed E-state index contributed by atoms with van der Waals surface area (Å²) in [6.07, 6.45) is 12.2. The number of allylic oxidation sites excluding steroid dienone is 2. The Labute approximate surface area is 344 Å². The molecule has 11 unspecified atom stereocenters. The van der Waals surface area contributed by atoms with Crippen molar-refractivity contribution in [1.82, 2.24) is 10.6 Å². The fourth-order valence-corrected chi connectivity index (χ4v) is 14.7. The minimum absolute atomic E-state index is 0.00496. The largest absolute Gasteiger partial charge is 0.481 e. The Morgan fingerprint density at radius 1 is 0.895 bits per heavy atom. The Morgan fingerprint density at radius 2 is 1.61 bits per heavy atom. The smallest absolute Gasteiger partial charge is 0.306 e. The summed E-state index contributed by atoms with van der Waals surface area (Å²) >= 11 is 6.01. The molecular formula is C48H65ClN2O6. The third kappa shape index (κ3) is 6.93. The van der Waals surface area contributed by atoms with Crippen LogP contribution in [-0.4, -0.2) is 46.5 Å². The van der Waals surface area contributed by atoms with Crippen molar-refractivity contribution in [2.75, 3.05) is 6.54 Å². The van der Waals surface area contributed by atoms with Crippen LogP contribution in [0.2, 0.25) is 5.02 Å². The predicted molar refractivity (Wildman–Crippen MR) is 220 cm³/mol. The molecule has 7 aliphatic rings. The van der Waals surface area contributed by atoms with E-state index in [4.69, 9.17) is 11.6 Å². The lowest BCUT2D eigenvalue weighted by atomic mass is 9.39. The zero-order chi connectivity index (χ0) is 40.8. The van der Waals surface area contributed by atoms with E-state index in [0.29, 0.717) is 78.3 Å². The molecule has 3 N–H and O–H groups in total. The van der Waals surface area contributed by atoms with Crippen LogP contribution in [0.4, 0.5) is 0 Å². The molecule has 2 amide bonds. The molecule has 8 nitrogen and oxygen atoms in total. The van der Waals surface area contributed by atoms with Gasteiger partial charge in [0.05, 0.1) is 11.5 Å². The molecule has 6 saturated carbocycles. The number of amides is 2. The van der Waals surface area contributed by atoms with Crippen LogP contribution in [0.25, 0.3) is 0 Å². The van der Waals surface area contributed by atoms with Gasteiger partial charge in [0.15, 0.2) is 5.78 Å². The highest BCUT2D eigenvalue weighted by molar-refractivity contribution is 6.30. The average molecular weight is 802 g/mol. The minimum Gasteiger partial charge on any atom is -0.481 e. The fraction of sp³-hybridized carbons (Fsp3) is 0.729. The first-order chi connectivity index (χ1) is 26.9. The van der Waals surface area contributed by atoms with Gasteiger partial charge in [-0.25, -0.2) is 0 Å². The second-order valence-electron chi connectivity index (χ2n) is 21.2. The van der Waals surface area contributed by atoms with Crippen molar-refractivity contribution >= 4 is 41.0 Å². The number of halogens is 1. The maximum Gasteiger partial charge on any atom is 0.306 e. The molecule has 11 atom stereocenters.